The van der Waals surface area contributed by atoms with Crippen molar-refractivity contribution in [2.75, 3.05) is 0 Å². The van der Waals surface area contributed by atoms with Crippen LogP contribution in [0.4, 0.5) is 0 Å². The number of aryl methyl sites for hydroxylation is 1. The maximum absolute atomic E-state index is 9.19. The number of benzene rings is 2. The summed E-state index contributed by atoms with van der Waals surface area (Å²) in [7, 11) is 0. The Morgan fingerprint density at radius 2 is 1.68 bits per heavy atom. The predicted molar refractivity (Wildman–Crippen MR) is 80.2 cm³/mol. The number of hydrogen-bond donors (Lipinski definition) is 0. The summed E-state index contributed by atoms with van der Waals surface area (Å²) in [6.07, 6.45) is 5.75. The summed E-state index contributed by atoms with van der Waals surface area (Å²) in [5.74, 6) is 0. The molecule has 0 N–H and O–H groups in total. The second-order valence-corrected chi connectivity index (χ2v) is 4.33. The zero-order valence-electron chi connectivity index (χ0n) is 10.9. The van der Waals surface area contributed by atoms with Crippen molar-refractivity contribution >= 4 is 11.6 Å². The van der Waals surface area contributed by atoms with E-state index in [2.05, 4.69) is 6.07 Å². The molecule has 0 aliphatic carbocycles. The van der Waals surface area contributed by atoms with Gasteiger partial charge < -0.3 is 0 Å². The van der Waals surface area contributed by atoms with Crippen LogP contribution in [0, 0.1) is 18.3 Å². The van der Waals surface area contributed by atoms with Crippen LogP contribution in [-0.2, 0) is 0 Å². The molecule has 0 aromatic heterocycles. The molecule has 0 atom stereocenters. The molecule has 92 valence electrons. The number of hydrogen-bond acceptors (Lipinski definition) is 1. The summed E-state index contributed by atoms with van der Waals surface area (Å²) in [5.41, 5.74) is 3.94. The molecular formula is C18H15N. The SMILES string of the molecule is Cc1ccc(C(C#N)=CC=Cc2ccccc2)cc1. The van der Waals surface area contributed by atoms with Crippen LogP contribution in [0.5, 0.6) is 0 Å². The lowest BCUT2D eigenvalue weighted by molar-refractivity contribution is 1.45. The Balaban J connectivity index is 2.19. The average Bonchev–Trinajstić information content (AvgIpc) is 2.46. The topological polar surface area (TPSA) is 23.8 Å². The molecule has 1 nitrogen and oxygen atoms in total. The predicted octanol–water partition coefficient (Wildman–Crippen LogP) is 4.62. The van der Waals surface area contributed by atoms with Crippen molar-refractivity contribution in [2.24, 2.45) is 0 Å². The van der Waals surface area contributed by atoms with Crippen molar-refractivity contribution in [3.05, 3.63) is 83.4 Å². The van der Waals surface area contributed by atoms with Gasteiger partial charge in [-0.3, -0.25) is 0 Å². The van der Waals surface area contributed by atoms with Crippen LogP contribution < -0.4 is 0 Å². The molecule has 2 aromatic rings. The summed E-state index contributed by atoms with van der Waals surface area (Å²) in [4.78, 5) is 0. The molecular weight excluding hydrogens is 230 g/mol. The fourth-order valence-corrected chi connectivity index (χ4v) is 1.75. The molecule has 0 aliphatic heterocycles. The monoisotopic (exact) mass is 245 g/mol. The average molecular weight is 245 g/mol. The third-order valence-electron chi connectivity index (χ3n) is 2.83. The number of nitriles is 1. The van der Waals surface area contributed by atoms with Crippen LogP contribution in [0.1, 0.15) is 16.7 Å². The molecule has 2 aromatic carbocycles. The fraction of sp³-hybridized carbons (Fsp3) is 0.0556. The lowest BCUT2D eigenvalue weighted by atomic mass is 10.0. The van der Waals surface area contributed by atoms with Gasteiger partial charge in [0, 0.05) is 0 Å². The third-order valence-corrected chi connectivity index (χ3v) is 2.83. The van der Waals surface area contributed by atoms with Gasteiger partial charge in [-0.1, -0.05) is 72.3 Å². The Bertz CT molecular complexity index is 626. The first-order chi connectivity index (χ1) is 9.29. The van der Waals surface area contributed by atoms with Gasteiger partial charge >= 0.3 is 0 Å². The minimum Gasteiger partial charge on any atom is -0.192 e. The van der Waals surface area contributed by atoms with E-state index in [-0.39, 0.29) is 0 Å². The zero-order valence-corrected chi connectivity index (χ0v) is 10.9. The van der Waals surface area contributed by atoms with Crippen LogP contribution in [0.25, 0.3) is 11.6 Å². The van der Waals surface area contributed by atoms with Gasteiger partial charge in [-0.05, 0) is 24.1 Å². The van der Waals surface area contributed by atoms with Gasteiger partial charge in [0.15, 0.2) is 0 Å². The molecule has 0 radical (unpaired) electrons. The lowest BCUT2D eigenvalue weighted by Crippen LogP contribution is -1.81. The van der Waals surface area contributed by atoms with Gasteiger partial charge in [-0.15, -0.1) is 0 Å². The Kier molecular flexibility index (Phi) is 4.31. The van der Waals surface area contributed by atoms with Crippen molar-refractivity contribution in [3.8, 4) is 6.07 Å². The van der Waals surface area contributed by atoms with E-state index in [4.69, 9.17) is 0 Å². The van der Waals surface area contributed by atoms with E-state index in [9.17, 15) is 5.26 Å². The number of rotatable bonds is 3. The highest BCUT2D eigenvalue weighted by atomic mass is 14.2. The molecule has 19 heavy (non-hydrogen) atoms. The molecule has 0 saturated heterocycles. The molecule has 1 heteroatoms. The Morgan fingerprint density at radius 1 is 1.00 bits per heavy atom. The molecule has 2 rings (SSSR count). The first kappa shape index (κ1) is 12.9. The quantitative estimate of drug-likeness (QED) is 0.572. The van der Waals surface area contributed by atoms with E-state index in [1.807, 2.05) is 79.7 Å². The van der Waals surface area contributed by atoms with Crippen molar-refractivity contribution in [1.29, 1.82) is 5.26 Å². The highest BCUT2D eigenvalue weighted by Gasteiger charge is 1.97. The highest BCUT2D eigenvalue weighted by Crippen LogP contribution is 2.14. The van der Waals surface area contributed by atoms with E-state index in [1.54, 1.807) is 0 Å². The smallest absolute Gasteiger partial charge is 0.0997 e. The summed E-state index contributed by atoms with van der Waals surface area (Å²) in [6.45, 7) is 2.04. The molecule has 0 unspecified atom stereocenters. The minimum absolute atomic E-state index is 0.673. The molecule has 0 bridgehead atoms. The van der Waals surface area contributed by atoms with Crippen LogP contribution in [0.2, 0.25) is 0 Å². The van der Waals surface area contributed by atoms with E-state index >= 15 is 0 Å². The van der Waals surface area contributed by atoms with Crippen LogP contribution in [0.3, 0.4) is 0 Å². The Hall–Kier alpha value is -2.59. The standard InChI is InChI=1S/C18H15N/c1-15-10-12-17(13-11-15)18(14-19)9-5-8-16-6-3-2-4-7-16/h2-13H,1H3. The van der Waals surface area contributed by atoms with Crippen molar-refractivity contribution in [2.45, 2.75) is 6.92 Å². The van der Waals surface area contributed by atoms with Gasteiger partial charge in [-0.25, -0.2) is 0 Å². The Labute approximate surface area is 114 Å². The van der Waals surface area contributed by atoms with E-state index in [1.165, 1.54) is 5.56 Å². The van der Waals surface area contributed by atoms with Gasteiger partial charge in [-0.2, -0.15) is 5.26 Å². The van der Waals surface area contributed by atoms with Gasteiger partial charge in [0.1, 0.15) is 0 Å². The molecule has 0 aliphatic rings. The first-order valence-electron chi connectivity index (χ1n) is 6.20. The van der Waals surface area contributed by atoms with Gasteiger partial charge in [0.05, 0.1) is 11.6 Å². The molecule has 0 fully saturated rings. The summed E-state index contributed by atoms with van der Waals surface area (Å²) in [6, 6.07) is 20.2. The highest BCUT2D eigenvalue weighted by molar-refractivity contribution is 5.78. The Morgan fingerprint density at radius 3 is 2.32 bits per heavy atom. The van der Waals surface area contributed by atoms with E-state index < -0.39 is 0 Å². The zero-order chi connectivity index (χ0) is 13.5. The second-order valence-electron chi connectivity index (χ2n) is 4.33. The molecule has 0 spiro atoms. The largest absolute Gasteiger partial charge is 0.192 e. The summed E-state index contributed by atoms with van der Waals surface area (Å²) >= 11 is 0. The minimum atomic E-state index is 0.673. The summed E-state index contributed by atoms with van der Waals surface area (Å²) < 4.78 is 0. The van der Waals surface area contributed by atoms with Crippen LogP contribution in [0.15, 0.2) is 66.7 Å². The van der Waals surface area contributed by atoms with E-state index in [0.717, 1.165) is 11.1 Å². The van der Waals surface area contributed by atoms with E-state index in [0.29, 0.717) is 5.57 Å². The normalized spacial score (nSPS) is 11.5. The lowest BCUT2D eigenvalue weighted by Gasteiger charge is -1.98. The number of allylic oxidation sites excluding steroid dienone is 3. The van der Waals surface area contributed by atoms with Crippen molar-refractivity contribution in [3.63, 3.8) is 0 Å². The van der Waals surface area contributed by atoms with Crippen LogP contribution in [-0.4, -0.2) is 0 Å². The molecule has 0 amide bonds. The fourth-order valence-electron chi connectivity index (χ4n) is 1.75. The van der Waals surface area contributed by atoms with Gasteiger partial charge in [0.25, 0.3) is 0 Å². The van der Waals surface area contributed by atoms with Crippen molar-refractivity contribution in [1.82, 2.24) is 0 Å². The summed E-state index contributed by atoms with van der Waals surface area (Å²) in [5, 5.41) is 9.19. The van der Waals surface area contributed by atoms with Gasteiger partial charge in [0.2, 0.25) is 0 Å². The first-order valence-corrected chi connectivity index (χ1v) is 6.20. The third kappa shape index (κ3) is 3.69. The van der Waals surface area contributed by atoms with Crippen LogP contribution >= 0.6 is 0 Å². The van der Waals surface area contributed by atoms with Crippen molar-refractivity contribution < 1.29 is 0 Å². The molecule has 0 saturated carbocycles. The number of nitrogens with zero attached hydrogens (tertiary/aromatic N) is 1. The molecule has 0 heterocycles. The second kappa shape index (κ2) is 6.37. The maximum Gasteiger partial charge on any atom is 0.0997 e. The maximum atomic E-state index is 9.19.